The fraction of sp³-hybridized carbons (Fsp3) is 0.200. The molecule has 0 radical (unpaired) electrons. The molecular formula is C25H22N2O4S. The molecule has 2 aliphatic rings. The van der Waals surface area contributed by atoms with E-state index in [0.29, 0.717) is 17.5 Å². The third kappa shape index (κ3) is 3.25. The first-order chi connectivity index (χ1) is 15.4. The number of rotatable bonds is 4. The number of nitrogens with zero attached hydrogens (tertiary/aromatic N) is 2. The van der Waals surface area contributed by atoms with Crippen LogP contribution >= 0.6 is 0 Å². The molecule has 0 saturated carbocycles. The van der Waals surface area contributed by atoms with Crippen molar-refractivity contribution in [2.45, 2.75) is 24.3 Å². The smallest absolute Gasteiger partial charge is 0.261 e. The van der Waals surface area contributed by atoms with Gasteiger partial charge in [-0.05, 0) is 48.7 Å². The average molecular weight is 447 g/mol. The van der Waals surface area contributed by atoms with Crippen molar-refractivity contribution in [3.63, 3.8) is 0 Å². The largest absolute Gasteiger partial charge is 0.272 e. The van der Waals surface area contributed by atoms with Gasteiger partial charge in [-0.25, -0.2) is 8.42 Å². The van der Waals surface area contributed by atoms with Crippen LogP contribution in [0.3, 0.4) is 0 Å². The molecule has 0 aliphatic carbocycles. The van der Waals surface area contributed by atoms with Gasteiger partial charge in [-0.3, -0.25) is 14.5 Å². The van der Waals surface area contributed by atoms with E-state index in [2.05, 4.69) is 0 Å². The number of sulfonamides is 1. The highest BCUT2D eigenvalue weighted by molar-refractivity contribution is 7.89. The highest BCUT2D eigenvalue weighted by Crippen LogP contribution is 2.36. The van der Waals surface area contributed by atoms with Crippen molar-refractivity contribution in [2.75, 3.05) is 13.1 Å². The second-order valence-electron chi connectivity index (χ2n) is 8.16. The highest BCUT2D eigenvalue weighted by atomic mass is 32.2. The molecule has 5 rings (SSSR count). The van der Waals surface area contributed by atoms with E-state index in [1.165, 1.54) is 9.21 Å². The Morgan fingerprint density at radius 1 is 0.844 bits per heavy atom. The van der Waals surface area contributed by atoms with E-state index in [9.17, 15) is 18.0 Å². The predicted octanol–water partition coefficient (Wildman–Crippen LogP) is 3.58. The molecule has 2 amide bonds. The van der Waals surface area contributed by atoms with Gasteiger partial charge in [0.05, 0.1) is 28.6 Å². The van der Waals surface area contributed by atoms with Crippen molar-refractivity contribution in [2.24, 2.45) is 0 Å². The summed E-state index contributed by atoms with van der Waals surface area (Å²) in [6.07, 6.45) is 0.569. The summed E-state index contributed by atoms with van der Waals surface area (Å²) in [5.41, 5.74) is 3.54. The summed E-state index contributed by atoms with van der Waals surface area (Å²) < 4.78 is 28.7. The topological polar surface area (TPSA) is 74.8 Å². The molecule has 0 aromatic heterocycles. The van der Waals surface area contributed by atoms with Gasteiger partial charge in [-0.15, -0.1) is 0 Å². The number of aryl methyl sites for hydroxylation is 1. The first-order valence-corrected chi connectivity index (χ1v) is 11.9. The van der Waals surface area contributed by atoms with Crippen LogP contribution in [-0.2, 0) is 16.4 Å². The molecule has 0 fully saturated rings. The molecule has 0 unspecified atom stereocenters. The molecule has 6 nitrogen and oxygen atoms in total. The Morgan fingerprint density at radius 2 is 1.44 bits per heavy atom. The molecule has 162 valence electrons. The maximum atomic E-state index is 13.6. The fourth-order valence-electron chi connectivity index (χ4n) is 4.53. The molecule has 3 aromatic rings. The van der Waals surface area contributed by atoms with E-state index in [0.717, 1.165) is 16.7 Å². The van der Waals surface area contributed by atoms with Crippen LogP contribution in [0.1, 0.15) is 43.4 Å². The minimum atomic E-state index is -3.83. The van der Waals surface area contributed by atoms with Crippen LogP contribution in [0.2, 0.25) is 0 Å². The van der Waals surface area contributed by atoms with Crippen molar-refractivity contribution in [3.8, 4) is 0 Å². The summed E-state index contributed by atoms with van der Waals surface area (Å²) in [4.78, 5) is 27.4. The monoisotopic (exact) mass is 446 g/mol. The number of hydrogen-bond acceptors (Lipinski definition) is 4. The number of amides is 2. The van der Waals surface area contributed by atoms with Crippen LogP contribution in [0.25, 0.3) is 0 Å². The van der Waals surface area contributed by atoms with Crippen LogP contribution < -0.4 is 0 Å². The zero-order chi connectivity index (χ0) is 22.5. The number of carbonyl (C=O) groups is 2. The van der Waals surface area contributed by atoms with Crippen LogP contribution in [0.15, 0.2) is 77.7 Å². The number of benzene rings is 3. The van der Waals surface area contributed by atoms with Crippen LogP contribution in [0.4, 0.5) is 0 Å². The Kier molecular flexibility index (Phi) is 4.95. The summed E-state index contributed by atoms with van der Waals surface area (Å²) >= 11 is 0. The Morgan fingerprint density at radius 3 is 2.09 bits per heavy atom. The van der Waals surface area contributed by atoms with Gasteiger partial charge in [-0.1, -0.05) is 54.1 Å². The lowest BCUT2D eigenvalue weighted by Crippen LogP contribution is -2.46. The third-order valence-electron chi connectivity index (χ3n) is 6.22. The lowest BCUT2D eigenvalue weighted by molar-refractivity contribution is 0.0616. The quantitative estimate of drug-likeness (QED) is 0.574. The van der Waals surface area contributed by atoms with E-state index in [1.807, 2.05) is 31.2 Å². The number of carbonyl (C=O) groups excluding carboxylic acids is 2. The lowest BCUT2D eigenvalue weighted by atomic mass is 9.94. The molecule has 2 aliphatic heterocycles. The summed E-state index contributed by atoms with van der Waals surface area (Å²) in [5, 5.41) is 0. The number of imide groups is 1. The predicted molar refractivity (Wildman–Crippen MR) is 120 cm³/mol. The zero-order valence-electron chi connectivity index (χ0n) is 17.6. The summed E-state index contributed by atoms with van der Waals surface area (Å²) in [7, 11) is -3.83. The van der Waals surface area contributed by atoms with Gasteiger partial charge < -0.3 is 0 Å². The number of hydrogen-bond donors (Lipinski definition) is 0. The normalized spacial score (nSPS) is 18.5. The Balaban J connectivity index is 1.56. The molecule has 2 heterocycles. The van der Waals surface area contributed by atoms with Crippen LogP contribution in [-0.4, -0.2) is 42.5 Å². The van der Waals surface area contributed by atoms with E-state index >= 15 is 0 Å². The molecule has 0 saturated heterocycles. The van der Waals surface area contributed by atoms with Gasteiger partial charge in [0.25, 0.3) is 11.8 Å². The Labute approximate surface area is 187 Å². The Hall–Kier alpha value is -3.29. The van der Waals surface area contributed by atoms with Gasteiger partial charge in [-0.2, -0.15) is 4.31 Å². The molecule has 7 heteroatoms. The van der Waals surface area contributed by atoms with Gasteiger partial charge in [0, 0.05) is 6.54 Å². The maximum Gasteiger partial charge on any atom is 0.261 e. The molecule has 0 spiro atoms. The Bertz CT molecular complexity index is 1300. The number of fused-ring (bicyclic) bond motifs is 2. The van der Waals surface area contributed by atoms with Crippen molar-refractivity contribution in [1.29, 1.82) is 0 Å². The minimum Gasteiger partial charge on any atom is -0.272 e. The first kappa shape index (κ1) is 20.6. The summed E-state index contributed by atoms with van der Waals surface area (Å²) in [6, 6.07) is 20.4. The molecular weight excluding hydrogens is 424 g/mol. The van der Waals surface area contributed by atoms with Gasteiger partial charge in [0.2, 0.25) is 10.0 Å². The lowest BCUT2D eigenvalue weighted by Gasteiger charge is -2.37. The van der Waals surface area contributed by atoms with E-state index < -0.39 is 16.1 Å². The second kappa shape index (κ2) is 7.69. The van der Waals surface area contributed by atoms with E-state index in [1.54, 1.807) is 48.5 Å². The van der Waals surface area contributed by atoms with Crippen molar-refractivity contribution < 1.29 is 18.0 Å². The van der Waals surface area contributed by atoms with Crippen molar-refractivity contribution >= 4 is 21.8 Å². The third-order valence-corrected chi connectivity index (χ3v) is 8.15. The van der Waals surface area contributed by atoms with E-state index in [4.69, 9.17) is 0 Å². The van der Waals surface area contributed by atoms with Crippen LogP contribution in [0, 0.1) is 6.92 Å². The molecule has 1 atom stereocenters. The van der Waals surface area contributed by atoms with Crippen molar-refractivity contribution in [3.05, 3.63) is 101 Å². The molecule has 32 heavy (non-hydrogen) atoms. The molecule has 0 bridgehead atoms. The fourth-order valence-corrected chi connectivity index (χ4v) is 6.13. The highest BCUT2D eigenvalue weighted by Gasteiger charge is 2.42. The van der Waals surface area contributed by atoms with Gasteiger partial charge in [0.15, 0.2) is 0 Å². The molecule has 0 N–H and O–H groups in total. The minimum absolute atomic E-state index is 0.0333. The van der Waals surface area contributed by atoms with Gasteiger partial charge in [0.1, 0.15) is 0 Å². The maximum absolute atomic E-state index is 13.6. The van der Waals surface area contributed by atoms with E-state index in [-0.39, 0.29) is 29.8 Å². The van der Waals surface area contributed by atoms with Crippen LogP contribution in [0.5, 0.6) is 0 Å². The zero-order valence-corrected chi connectivity index (χ0v) is 18.4. The first-order valence-electron chi connectivity index (χ1n) is 10.5. The summed E-state index contributed by atoms with van der Waals surface area (Å²) in [5.74, 6) is -0.775. The average Bonchev–Trinajstić information content (AvgIpc) is 3.04. The second-order valence-corrected chi connectivity index (χ2v) is 10.1. The van der Waals surface area contributed by atoms with Gasteiger partial charge >= 0.3 is 0 Å². The SMILES string of the molecule is Cc1ccc(S(=O)(=O)N2CCc3ccccc3[C@H]2CN2C(=O)c3ccccc3C2=O)cc1. The standard InChI is InChI=1S/C25H22N2O4S/c1-17-10-12-19(13-11-17)32(30,31)27-15-14-18-6-2-3-7-20(18)23(27)16-26-24(28)21-8-4-5-9-22(21)25(26)29/h2-13,23H,14-16H2,1H3/t23-/m1/s1. The molecule has 3 aromatic carbocycles. The summed E-state index contributed by atoms with van der Waals surface area (Å²) in [6.45, 7) is 2.15. The van der Waals surface area contributed by atoms with Crippen molar-refractivity contribution in [1.82, 2.24) is 9.21 Å².